The van der Waals surface area contributed by atoms with E-state index in [0.717, 1.165) is 34.7 Å². The van der Waals surface area contributed by atoms with Gasteiger partial charge in [0.15, 0.2) is 0 Å². The molecule has 27 heavy (non-hydrogen) atoms. The second kappa shape index (κ2) is 6.69. The van der Waals surface area contributed by atoms with Crippen LogP contribution in [0, 0.1) is 13.8 Å². The van der Waals surface area contributed by atoms with Crippen molar-refractivity contribution in [2.24, 2.45) is 0 Å². The SMILES string of the molecule is C=C(C)Cn1c(C2CC(=O)N(c3cc(C)cc(C)c3)C2)nc2ccccc21. The zero-order chi connectivity index (χ0) is 19.1. The smallest absolute Gasteiger partial charge is 0.227 e. The van der Waals surface area contributed by atoms with Gasteiger partial charge >= 0.3 is 0 Å². The maximum Gasteiger partial charge on any atom is 0.227 e. The molecule has 2 aromatic carbocycles. The molecule has 1 amide bonds. The molecule has 0 aliphatic carbocycles. The number of carbonyl (C=O) groups excluding carboxylic acids is 1. The molecule has 4 nitrogen and oxygen atoms in total. The highest BCUT2D eigenvalue weighted by Gasteiger charge is 2.34. The van der Waals surface area contributed by atoms with E-state index in [-0.39, 0.29) is 11.8 Å². The Balaban J connectivity index is 1.72. The molecule has 1 aliphatic rings. The third-order valence-electron chi connectivity index (χ3n) is 5.12. The number of aryl methyl sites for hydroxylation is 2. The molecule has 1 unspecified atom stereocenters. The highest BCUT2D eigenvalue weighted by molar-refractivity contribution is 5.96. The summed E-state index contributed by atoms with van der Waals surface area (Å²) in [6, 6.07) is 14.5. The van der Waals surface area contributed by atoms with Gasteiger partial charge in [0, 0.05) is 31.1 Å². The van der Waals surface area contributed by atoms with Crippen LogP contribution in [0.5, 0.6) is 0 Å². The van der Waals surface area contributed by atoms with E-state index in [0.29, 0.717) is 13.0 Å². The molecule has 4 rings (SSSR count). The number of allylic oxidation sites excluding steroid dienone is 1. The molecular weight excluding hydrogens is 334 g/mol. The highest BCUT2D eigenvalue weighted by atomic mass is 16.2. The molecule has 0 bridgehead atoms. The van der Waals surface area contributed by atoms with Gasteiger partial charge in [0.25, 0.3) is 0 Å². The largest absolute Gasteiger partial charge is 0.324 e. The molecule has 0 radical (unpaired) electrons. The van der Waals surface area contributed by atoms with Gasteiger partial charge in [-0.1, -0.05) is 30.4 Å². The minimum atomic E-state index is 0.0880. The van der Waals surface area contributed by atoms with Gasteiger partial charge in [-0.3, -0.25) is 4.79 Å². The zero-order valence-electron chi connectivity index (χ0n) is 16.2. The molecule has 3 aromatic rings. The van der Waals surface area contributed by atoms with Crippen molar-refractivity contribution in [3.63, 3.8) is 0 Å². The molecule has 1 saturated heterocycles. The summed E-state index contributed by atoms with van der Waals surface area (Å²) in [5, 5.41) is 0. The normalized spacial score (nSPS) is 17.1. The Bertz CT molecular complexity index is 1030. The van der Waals surface area contributed by atoms with Crippen molar-refractivity contribution >= 4 is 22.6 Å². The predicted octanol–water partition coefficient (Wildman–Crippen LogP) is 4.75. The summed E-state index contributed by atoms with van der Waals surface area (Å²) in [5.41, 5.74) is 6.50. The Morgan fingerprint density at radius 1 is 1.19 bits per heavy atom. The number of hydrogen-bond donors (Lipinski definition) is 0. The van der Waals surface area contributed by atoms with Crippen molar-refractivity contribution in [1.29, 1.82) is 0 Å². The van der Waals surface area contributed by atoms with Crippen molar-refractivity contribution in [3.05, 3.63) is 71.6 Å². The van der Waals surface area contributed by atoms with Crippen LogP contribution in [0.15, 0.2) is 54.6 Å². The van der Waals surface area contributed by atoms with Crippen LogP contribution in [0.2, 0.25) is 0 Å². The zero-order valence-corrected chi connectivity index (χ0v) is 16.2. The Morgan fingerprint density at radius 3 is 2.59 bits per heavy atom. The molecule has 2 heterocycles. The number of rotatable bonds is 4. The Kier molecular flexibility index (Phi) is 4.34. The molecule has 1 aromatic heterocycles. The monoisotopic (exact) mass is 359 g/mol. The molecule has 0 spiro atoms. The van der Waals surface area contributed by atoms with E-state index in [2.05, 4.69) is 49.3 Å². The van der Waals surface area contributed by atoms with E-state index in [1.807, 2.05) is 30.0 Å². The van der Waals surface area contributed by atoms with Crippen LogP contribution < -0.4 is 4.90 Å². The van der Waals surface area contributed by atoms with Crippen LogP contribution in [-0.4, -0.2) is 22.0 Å². The van der Waals surface area contributed by atoms with Crippen molar-refractivity contribution in [2.75, 3.05) is 11.4 Å². The third-order valence-corrected chi connectivity index (χ3v) is 5.12. The number of para-hydroxylation sites is 2. The summed E-state index contributed by atoms with van der Waals surface area (Å²) in [6.45, 7) is 11.6. The van der Waals surface area contributed by atoms with Gasteiger partial charge in [0.1, 0.15) is 5.82 Å². The first-order chi connectivity index (χ1) is 12.9. The first-order valence-electron chi connectivity index (χ1n) is 9.40. The number of nitrogens with zero attached hydrogens (tertiary/aromatic N) is 3. The summed E-state index contributed by atoms with van der Waals surface area (Å²) in [7, 11) is 0. The van der Waals surface area contributed by atoms with Crippen molar-refractivity contribution in [3.8, 4) is 0 Å². The number of anilines is 1. The maximum absolute atomic E-state index is 12.8. The van der Waals surface area contributed by atoms with Crippen LogP contribution in [0.1, 0.15) is 36.2 Å². The molecule has 4 heteroatoms. The number of amides is 1. The average Bonchev–Trinajstić information content (AvgIpc) is 3.15. The van der Waals surface area contributed by atoms with Crippen LogP contribution >= 0.6 is 0 Å². The summed E-state index contributed by atoms with van der Waals surface area (Å²) >= 11 is 0. The van der Waals surface area contributed by atoms with Gasteiger partial charge in [0.2, 0.25) is 5.91 Å². The minimum Gasteiger partial charge on any atom is -0.324 e. The summed E-state index contributed by atoms with van der Waals surface area (Å²) in [6.07, 6.45) is 0.493. The molecule has 1 atom stereocenters. The van der Waals surface area contributed by atoms with Gasteiger partial charge in [-0.15, -0.1) is 0 Å². The first kappa shape index (κ1) is 17.5. The average molecular weight is 359 g/mol. The van der Waals surface area contributed by atoms with E-state index in [9.17, 15) is 4.79 Å². The third kappa shape index (κ3) is 3.27. The molecule has 138 valence electrons. The summed E-state index contributed by atoms with van der Waals surface area (Å²) < 4.78 is 2.22. The van der Waals surface area contributed by atoms with Gasteiger partial charge in [-0.05, 0) is 56.2 Å². The van der Waals surface area contributed by atoms with Gasteiger partial charge < -0.3 is 9.47 Å². The fourth-order valence-electron chi connectivity index (χ4n) is 4.08. The Morgan fingerprint density at radius 2 is 1.89 bits per heavy atom. The number of fused-ring (bicyclic) bond motifs is 1. The second-order valence-electron chi connectivity index (χ2n) is 7.75. The molecule has 1 fully saturated rings. The molecule has 1 aliphatic heterocycles. The molecule has 0 N–H and O–H groups in total. The minimum absolute atomic E-state index is 0.0880. The lowest BCUT2D eigenvalue weighted by molar-refractivity contribution is -0.117. The van der Waals surface area contributed by atoms with E-state index >= 15 is 0 Å². The van der Waals surface area contributed by atoms with Crippen molar-refractivity contribution < 1.29 is 4.79 Å². The lowest BCUT2D eigenvalue weighted by Crippen LogP contribution is -2.24. The van der Waals surface area contributed by atoms with E-state index in [1.165, 1.54) is 11.1 Å². The van der Waals surface area contributed by atoms with E-state index in [1.54, 1.807) is 0 Å². The van der Waals surface area contributed by atoms with E-state index in [4.69, 9.17) is 4.98 Å². The lowest BCUT2D eigenvalue weighted by atomic mass is 10.1. The van der Waals surface area contributed by atoms with Crippen LogP contribution in [-0.2, 0) is 11.3 Å². The Labute approximate surface area is 160 Å². The fraction of sp³-hybridized carbons (Fsp3) is 0.304. The highest BCUT2D eigenvalue weighted by Crippen LogP contribution is 2.34. The van der Waals surface area contributed by atoms with Gasteiger partial charge in [-0.25, -0.2) is 4.98 Å². The van der Waals surface area contributed by atoms with Crippen LogP contribution in [0.25, 0.3) is 11.0 Å². The topological polar surface area (TPSA) is 38.1 Å². The predicted molar refractivity (Wildman–Crippen MR) is 110 cm³/mol. The molecular formula is C23H25N3O. The van der Waals surface area contributed by atoms with Crippen LogP contribution in [0.3, 0.4) is 0 Å². The van der Waals surface area contributed by atoms with Gasteiger partial charge in [-0.2, -0.15) is 0 Å². The summed E-state index contributed by atoms with van der Waals surface area (Å²) in [4.78, 5) is 19.6. The number of carbonyl (C=O) groups is 1. The number of hydrogen-bond acceptors (Lipinski definition) is 2. The van der Waals surface area contributed by atoms with Crippen molar-refractivity contribution in [2.45, 2.75) is 39.7 Å². The quantitative estimate of drug-likeness (QED) is 0.631. The fourth-order valence-corrected chi connectivity index (χ4v) is 4.08. The molecule has 0 saturated carbocycles. The first-order valence-corrected chi connectivity index (χ1v) is 9.40. The Hall–Kier alpha value is -2.88. The number of benzene rings is 2. The van der Waals surface area contributed by atoms with E-state index < -0.39 is 0 Å². The standard InChI is InChI=1S/C23H25N3O/c1-15(2)13-26-21-8-6-5-7-20(21)24-23(26)18-12-22(27)25(14-18)19-10-16(3)9-17(4)11-19/h5-11,18H,1,12-14H2,2-4H3. The number of aromatic nitrogens is 2. The van der Waals surface area contributed by atoms with Crippen LogP contribution in [0.4, 0.5) is 5.69 Å². The lowest BCUT2D eigenvalue weighted by Gasteiger charge is -2.18. The van der Waals surface area contributed by atoms with Gasteiger partial charge in [0.05, 0.1) is 11.0 Å². The number of imidazole rings is 1. The second-order valence-corrected chi connectivity index (χ2v) is 7.75. The maximum atomic E-state index is 12.8. The van der Waals surface area contributed by atoms with Crippen molar-refractivity contribution in [1.82, 2.24) is 9.55 Å². The summed E-state index contributed by atoms with van der Waals surface area (Å²) in [5.74, 6) is 1.24.